The van der Waals surface area contributed by atoms with Crippen molar-refractivity contribution < 1.29 is 4.39 Å². The maximum absolute atomic E-state index is 13.1. The van der Waals surface area contributed by atoms with Crippen LogP contribution in [0.4, 0.5) is 4.39 Å². The van der Waals surface area contributed by atoms with Crippen LogP contribution < -0.4 is 0 Å². The molecule has 0 fully saturated rings. The summed E-state index contributed by atoms with van der Waals surface area (Å²) in [6.45, 7) is 0. The van der Waals surface area contributed by atoms with E-state index in [1.54, 1.807) is 6.07 Å². The molecule has 2 aromatic rings. The van der Waals surface area contributed by atoms with E-state index in [0.717, 1.165) is 35.5 Å². The molecule has 0 aliphatic heterocycles. The van der Waals surface area contributed by atoms with Gasteiger partial charge in [0.25, 0.3) is 0 Å². The van der Waals surface area contributed by atoms with Crippen molar-refractivity contribution in [1.29, 1.82) is 0 Å². The van der Waals surface area contributed by atoms with E-state index in [4.69, 9.17) is 11.6 Å². The van der Waals surface area contributed by atoms with Crippen LogP contribution in [0.2, 0.25) is 5.02 Å². The van der Waals surface area contributed by atoms with Crippen molar-refractivity contribution in [2.75, 3.05) is 0 Å². The minimum Gasteiger partial charge on any atom is -0.258 e. The number of hydrogen-bond acceptors (Lipinski definition) is 1. The molecule has 0 radical (unpaired) electrons. The van der Waals surface area contributed by atoms with Gasteiger partial charge in [-0.05, 0) is 47.7 Å². The van der Waals surface area contributed by atoms with Crippen molar-refractivity contribution in [2.24, 2.45) is 0 Å². The van der Waals surface area contributed by atoms with E-state index in [0.29, 0.717) is 0 Å². The van der Waals surface area contributed by atoms with Crippen LogP contribution in [0, 0.1) is 5.82 Å². The summed E-state index contributed by atoms with van der Waals surface area (Å²) in [5.74, 6) is -0.257. The highest BCUT2D eigenvalue weighted by Crippen LogP contribution is 2.25. The number of fused-ring (bicyclic) bond motifs is 2. The normalized spacial score (nSPS) is 13.8. The van der Waals surface area contributed by atoms with Gasteiger partial charge < -0.3 is 0 Å². The molecule has 0 saturated heterocycles. The number of pyridine rings is 1. The SMILES string of the molecule is Fc1cnc2c(c1)CCc1cc(Cl)ccc1C2. The van der Waals surface area contributed by atoms with Crippen LogP contribution >= 0.6 is 11.6 Å². The molecule has 0 spiro atoms. The van der Waals surface area contributed by atoms with Crippen molar-refractivity contribution in [1.82, 2.24) is 4.98 Å². The molecule has 1 aromatic carbocycles. The minimum absolute atomic E-state index is 0.257. The molecule has 0 N–H and O–H groups in total. The molecule has 0 atom stereocenters. The van der Waals surface area contributed by atoms with Crippen molar-refractivity contribution in [3.8, 4) is 0 Å². The Morgan fingerprint density at radius 3 is 2.76 bits per heavy atom. The van der Waals surface area contributed by atoms with Gasteiger partial charge in [-0.15, -0.1) is 0 Å². The molecule has 1 heterocycles. The molecule has 1 nitrogen and oxygen atoms in total. The lowest BCUT2D eigenvalue weighted by Gasteiger charge is -2.05. The first-order valence-corrected chi connectivity index (χ1v) is 6.01. The lowest BCUT2D eigenvalue weighted by molar-refractivity contribution is 0.616. The van der Waals surface area contributed by atoms with Crippen LogP contribution in [-0.4, -0.2) is 4.98 Å². The van der Waals surface area contributed by atoms with E-state index < -0.39 is 0 Å². The second kappa shape index (κ2) is 4.11. The van der Waals surface area contributed by atoms with Gasteiger partial charge in [0.1, 0.15) is 5.82 Å². The lowest BCUT2D eigenvalue weighted by Crippen LogP contribution is -1.97. The Kier molecular flexibility index (Phi) is 2.60. The largest absolute Gasteiger partial charge is 0.258 e. The lowest BCUT2D eigenvalue weighted by atomic mass is 10.0. The topological polar surface area (TPSA) is 12.9 Å². The van der Waals surface area contributed by atoms with Gasteiger partial charge in [-0.25, -0.2) is 4.39 Å². The first-order chi connectivity index (χ1) is 8.22. The van der Waals surface area contributed by atoms with Gasteiger partial charge in [-0.1, -0.05) is 17.7 Å². The smallest absolute Gasteiger partial charge is 0.141 e. The molecule has 0 unspecified atom stereocenters. The Labute approximate surface area is 104 Å². The molecular weight excluding hydrogens is 237 g/mol. The summed E-state index contributed by atoms with van der Waals surface area (Å²) in [4.78, 5) is 4.19. The summed E-state index contributed by atoms with van der Waals surface area (Å²) in [5, 5.41) is 0.758. The highest BCUT2D eigenvalue weighted by molar-refractivity contribution is 6.30. The number of halogens is 2. The molecule has 86 valence electrons. The Hall–Kier alpha value is -1.41. The summed E-state index contributed by atoms with van der Waals surface area (Å²) < 4.78 is 13.1. The van der Waals surface area contributed by atoms with Gasteiger partial charge in [-0.2, -0.15) is 0 Å². The van der Waals surface area contributed by atoms with Crippen LogP contribution in [0.15, 0.2) is 30.5 Å². The number of nitrogens with zero attached hydrogens (tertiary/aromatic N) is 1. The fourth-order valence-electron chi connectivity index (χ4n) is 2.33. The van der Waals surface area contributed by atoms with Crippen LogP contribution in [0.1, 0.15) is 22.4 Å². The summed E-state index contributed by atoms with van der Waals surface area (Å²) in [6.07, 6.45) is 3.78. The molecular formula is C14H11ClFN. The first-order valence-electron chi connectivity index (χ1n) is 5.63. The molecule has 0 bridgehead atoms. The summed E-state index contributed by atoms with van der Waals surface area (Å²) in [7, 11) is 0. The van der Waals surface area contributed by atoms with Crippen molar-refractivity contribution in [2.45, 2.75) is 19.3 Å². The Morgan fingerprint density at radius 2 is 1.88 bits per heavy atom. The maximum atomic E-state index is 13.1. The summed E-state index contributed by atoms with van der Waals surface area (Å²) in [6, 6.07) is 7.53. The molecule has 1 aliphatic carbocycles. The Balaban J connectivity index is 2.07. The molecule has 1 aliphatic rings. The molecule has 0 saturated carbocycles. The van der Waals surface area contributed by atoms with Gasteiger partial charge in [0, 0.05) is 17.1 Å². The van der Waals surface area contributed by atoms with Gasteiger partial charge in [0.2, 0.25) is 0 Å². The molecule has 17 heavy (non-hydrogen) atoms. The molecule has 3 rings (SSSR count). The number of aryl methyl sites for hydroxylation is 2. The fourth-order valence-corrected chi connectivity index (χ4v) is 2.53. The third kappa shape index (κ3) is 2.05. The number of benzene rings is 1. The van der Waals surface area contributed by atoms with Crippen molar-refractivity contribution in [3.05, 3.63) is 63.7 Å². The zero-order valence-corrected chi connectivity index (χ0v) is 9.97. The van der Waals surface area contributed by atoms with Crippen molar-refractivity contribution >= 4 is 11.6 Å². The number of hydrogen-bond donors (Lipinski definition) is 0. The highest BCUT2D eigenvalue weighted by atomic mass is 35.5. The molecule has 0 amide bonds. The van der Waals surface area contributed by atoms with E-state index in [9.17, 15) is 4.39 Å². The van der Waals surface area contributed by atoms with Crippen LogP contribution in [0.25, 0.3) is 0 Å². The fraction of sp³-hybridized carbons (Fsp3) is 0.214. The van der Waals surface area contributed by atoms with Crippen LogP contribution in [0.3, 0.4) is 0 Å². The van der Waals surface area contributed by atoms with Gasteiger partial charge in [0.15, 0.2) is 0 Å². The first kappa shape index (κ1) is 10.7. The van der Waals surface area contributed by atoms with Gasteiger partial charge in [-0.3, -0.25) is 4.98 Å². The van der Waals surface area contributed by atoms with E-state index >= 15 is 0 Å². The molecule has 1 aromatic heterocycles. The van der Waals surface area contributed by atoms with Crippen molar-refractivity contribution in [3.63, 3.8) is 0 Å². The predicted octanol–water partition coefficient (Wildman–Crippen LogP) is 3.56. The average Bonchev–Trinajstić information content (AvgIpc) is 2.48. The second-order valence-corrected chi connectivity index (χ2v) is 4.79. The predicted molar refractivity (Wildman–Crippen MR) is 65.9 cm³/mol. The van der Waals surface area contributed by atoms with E-state index in [1.807, 2.05) is 18.2 Å². The standard InChI is InChI=1S/C14H11ClFN/c15-12-4-3-10-7-14-11(2-1-9(10)5-12)6-13(16)8-17-14/h3-6,8H,1-2,7H2. The number of rotatable bonds is 0. The number of aromatic nitrogens is 1. The zero-order valence-electron chi connectivity index (χ0n) is 9.21. The van der Waals surface area contributed by atoms with Gasteiger partial charge >= 0.3 is 0 Å². The second-order valence-electron chi connectivity index (χ2n) is 4.35. The van der Waals surface area contributed by atoms with Gasteiger partial charge in [0.05, 0.1) is 6.20 Å². The third-order valence-electron chi connectivity index (χ3n) is 3.22. The van der Waals surface area contributed by atoms with Crippen LogP contribution in [0.5, 0.6) is 0 Å². The summed E-state index contributed by atoms with van der Waals surface area (Å²) in [5.41, 5.74) is 4.48. The molecule has 3 heteroatoms. The monoisotopic (exact) mass is 247 g/mol. The van der Waals surface area contributed by atoms with Crippen LogP contribution in [-0.2, 0) is 19.3 Å². The zero-order chi connectivity index (χ0) is 11.8. The quantitative estimate of drug-likeness (QED) is 0.694. The Bertz CT molecular complexity index is 529. The highest BCUT2D eigenvalue weighted by Gasteiger charge is 2.15. The maximum Gasteiger partial charge on any atom is 0.141 e. The third-order valence-corrected chi connectivity index (χ3v) is 3.45. The average molecular weight is 248 g/mol. The van der Waals surface area contributed by atoms with E-state index in [1.165, 1.54) is 17.3 Å². The minimum atomic E-state index is -0.257. The Morgan fingerprint density at radius 1 is 1.06 bits per heavy atom. The summed E-state index contributed by atoms with van der Waals surface area (Å²) >= 11 is 5.99. The van der Waals surface area contributed by atoms with E-state index in [-0.39, 0.29) is 5.82 Å². The van der Waals surface area contributed by atoms with E-state index in [2.05, 4.69) is 4.98 Å².